The van der Waals surface area contributed by atoms with E-state index in [-0.39, 0.29) is 0 Å². The van der Waals surface area contributed by atoms with Crippen molar-refractivity contribution in [2.24, 2.45) is 0 Å². The number of thioether (sulfide) groups is 1. The Morgan fingerprint density at radius 1 is 1.53 bits per heavy atom. The average molecular weight is 246 g/mol. The summed E-state index contributed by atoms with van der Waals surface area (Å²) in [4.78, 5) is 7.29. The third kappa shape index (κ3) is 1.94. The zero-order valence-corrected chi connectivity index (χ0v) is 9.83. The van der Waals surface area contributed by atoms with Crippen molar-refractivity contribution in [2.75, 3.05) is 5.75 Å². The first kappa shape index (κ1) is 10.4. The van der Waals surface area contributed by atoms with Gasteiger partial charge in [-0.05, 0) is 30.7 Å². The van der Waals surface area contributed by atoms with Crippen LogP contribution in [-0.2, 0) is 0 Å². The van der Waals surface area contributed by atoms with Crippen LogP contribution < -0.4 is 0 Å². The van der Waals surface area contributed by atoms with Crippen LogP contribution in [0.15, 0.2) is 16.7 Å². The minimum Gasteiger partial charge on any atom is -0.342 e. The molecule has 0 aromatic carbocycles. The molecule has 5 nitrogen and oxygen atoms in total. The minimum absolute atomic E-state index is 0.359. The molecule has 2 aromatic rings. The highest BCUT2D eigenvalue weighted by atomic mass is 32.2. The molecule has 1 aliphatic rings. The van der Waals surface area contributed by atoms with Crippen molar-refractivity contribution in [2.45, 2.75) is 18.1 Å². The summed E-state index contributed by atoms with van der Waals surface area (Å²) < 4.78 is 5.21. The summed E-state index contributed by atoms with van der Waals surface area (Å²) in [5.41, 5.74) is 1.19. The van der Waals surface area contributed by atoms with Gasteiger partial charge in [-0.1, -0.05) is 5.16 Å². The zero-order valence-electron chi connectivity index (χ0n) is 9.01. The van der Waals surface area contributed by atoms with Gasteiger partial charge in [0.05, 0.1) is 5.25 Å². The second-order valence-corrected chi connectivity index (χ2v) is 5.17. The van der Waals surface area contributed by atoms with Crippen molar-refractivity contribution in [1.82, 2.24) is 15.1 Å². The number of hydrogen-bond acceptors (Lipinski definition) is 5. The fourth-order valence-electron chi connectivity index (χ4n) is 1.84. The Hall–Kier alpha value is -1.74. The Kier molecular flexibility index (Phi) is 2.61. The minimum atomic E-state index is 0.359. The van der Waals surface area contributed by atoms with Crippen LogP contribution in [0.3, 0.4) is 0 Å². The first-order chi connectivity index (χ1) is 8.36. The van der Waals surface area contributed by atoms with Crippen molar-refractivity contribution in [3.63, 3.8) is 0 Å². The van der Waals surface area contributed by atoms with Crippen molar-refractivity contribution in [3.8, 4) is 17.7 Å². The lowest BCUT2D eigenvalue weighted by molar-refractivity contribution is 0.420. The molecule has 1 fully saturated rings. The first-order valence-electron chi connectivity index (χ1n) is 5.41. The number of H-pyrrole nitrogens is 1. The summed E-state index contributed by atoms with van der Waals surface area (Å²) in [5, 5.41) is 13.1. The van der Waals surface area contributed by atoms with Gasteiger partial charge in [0, 0.05) is 0 Å². The van der Waals surface area contributed by atoms with E-state index in [2.05, 4.69) is 15.1 Å². The van der Waals surface area contributed by atoms with Crippen LogP contribution in [0, 0.1) is 11.3 Å². The van der Waals surface area contributed by atoms with E-state index < -0.39 is 0 Å². The van der Waals surface area contributed by atoms with Gasteiger partial charge in [0.15, 0.2) is 5.82 Å². The molecule has 3 rings (SSSR count). The standard InChI is InChI=1S/C11H10N4OS/c12-6-7-3-4-8(13-7)11-14-10(15-16-11)9-2-1-5-17-9/h3-4,9,13H,1-2,5H2. The number of aromatic nitrogens is 3. The molecule has 1 atom stereocenters. The molecule has 1 unspecified atom stereocenters. The Balaban J connectivity index is 1.86. The largest absolute Gasteiger partial charge is 0.342 e. The molecule has 2 aromatic heterocycles. The zero-order chi connectivity index (χ0) is 11.7. The van der Waals surface area contributed by atoms with Crippen LogP contribution in [0.25, 0.3) is 11.6 Å². The monoisotopic (exact) mass is 246 g/mol. The van der Waals surface area contributed by atoms with Crippen LogP contribution in [0.4, 0.5) is 0 Å². The topological polar surface area (TPSA) is 78.5 Å². The lowest BCUT2D eigenvalue weighted by Crippen LogP contribution is -1.91. The van der Waals surface area contributed by atoms with Crippen LogP contribution in [0.2, 0.25) is 0 Å². The van der Waals surface area contributed by atoms with Crippen LogP contribution in [-0.4, -0.2) is 20.9 Å². The van der Waals surface area contributed by atoms with Gasteiger partial charge in [0.2, 0.25) is 0 Å². The SMILES string of the molecule is N#Cc1ccc(-c2nc(C3CCCS3)no2)[nH]1. The number of nitrogens with one attached hydrogen (secondary N) is 1. The summed E-state index contributed by atoms with van der Waals surface area (Å²) in [7, 11) is 0. The summed E-state index contributed by atoms with van der Waals surface area (Å²) in [6, 6.07) is 5.50. The normalized spacial score (nSPS) is 19.4. The molecular formula is C11H10N4OS. The molecule has 0 radical (unpaired) electrons. The van der Waals surface area contributed by atoms with E-state index in [1.807, 2.05) is 17.8 Å². The van der Waals surface area contributed by atoms with Crippen LogP contribution in [0.5, 0.6) is 0 Å². The third-order valence-corrected chi connectivity index (χ3v) is 4.07. The van der Waals surface area contributed by atoms with E-state index in [0.717, 1.165) is 18.0 Å². The summed E-state index contributed by atoms with van der Waals surface area (Å²) >= 11 is 1.87. The molecule has 0 bridgehead atoms. The molecule has 0 spiro atoms. The van der Waals surface area contributed by atoms with Crippen LogP contribution >= 0.6 is 11.8 Å². The summed E-state index contributed by atoms with van der Waals surface area (Å²) in [6.07, 6.45) is 2.32. The van der Waals surface area contributed by atoms with Gasteiger partial charge < -0.3 is 9.51 Å². The number of nitriles is 1. The first-order valence-corrected chi connectivity index (χ1v) is 6.46. The Morgan fingerprint density at radius 2 is 2.47 bits per heavy atom. The highest BCUT2D eigenvalue weighted by Crippen LogP contribution is 2.38. The van der Waals surface area contributed by atoms with Gasteiger partial charge in [-0.3, -0.25) is 0 Å². The molecule has 17 heavy (non-hydrogen) atoms. The maximum Gasteiger partial charge on any atom is 0.274 e. The second-order valence-electron chi connectivity index (χ2n) is 3.86. The molecule has 0 saturated carbocycles. The van der Waals surface area contributed by atoms with Gasteiger partial charge in [0.25, 0.3) is 5.89 Å². The third-order valence-electron chi connectivity index (χ3n) is 2.70. The predicted molar refractivity (Wildman–Crippen MR) is 63.2 cm³/mol. The van der Waals surface area contributed by atoms with Crippen molar-refractivity contribution < 1.29 is 4.52 Å². The van der Waals surface area contributed by atoms with E-state index in [9.17, 15) is 0 Å². The van der Waals surface area contributed by atoms with Gasteiger partial charge in [0.1, 0.15) is 17.5 Å². The fraction of sp³-hybridized carbons (Fsp3) is 0.364. The maximum absolute atomic E-state index is 8.72. The molecule has 3 heterocycles. The van der Waals surface area contributed by atoms with E-state index in [1.54, 1.807) is 12.1 Å². The highest BCUT2D eigenvalue weighted by molar-refractivity contribution is 7.99. The molecule has 1 N–H and O–H groups in total. The van der Waals surface area contributed by atoms with Crippen LogP contribution in [0.1, 0.15) is 29.6 Å². The van der Waals surface area contributed by atoms with E-state index >= 15 is 0 Å². The van der Waals surface area contributed by atoms with Crippen molar-refractivity contribution in [1.29, 1.82) is 5.26 Å². The predicted octanol–water partition coefficient (Wildman–Crippen LogP) is 2.50. The van der Waals surface area contributed by atoms with Gasteiger partial charge in [-0.2, -0.15) is 22.0 Å². The van der Waals surface area contributed by atoms with E-state index in [4.69, 9.17) is 9.78 Å². The fourth-order valence-corrected chi connectivity index (χ4v) is 3.04. The average Bonchev–Trinajstić information content (AvgIpc) is 3.09. The number of rotatable bonds is 2. The lowest BCUT2D eigenvalue weighted by atomic mass is 10.2. The molecule has 1 saturated heterocycles. The lowest BCUT2D eigenvalue weighted by Gasteiger charge is -1.98. The van der Waals surface area contributed by atoms with Gasteiger partial charge >= 0.3 is 0 Å². The van der Waals surface area contributed by atoms with Crippen molar-refractivity contribution >= 4 is 11.8 Å². The molecular weight excluding hydrogens is 236 g/mol. The van der Waals surface area contributed by atoms with E-state index in [1.165, 1.54) is 6.42 Å². The number of nitrogens with zero attached hydrogens (tertiary/aromatic N) is 3. The second kappa shape index (κ2) is 4.26. The molecule has 0 aliphatic carbocycles. The molecule has 6 heteroatoms. The summed E-state index contributed by atoms with van der Waals surface area (Å²) in [5.74, 6) is 2.37. The molecule has 86 valence electrons. The maximum atomic E-state index is 8.72. The Labute approximate surface area is 102 Å². The van der Waals surface area contributed by atoms with Gasteiger partial charge in [-0.25, -0.2) is 0 Å². The smallest absolute Gasteiger partial charge is 0.274 e. The van der Waals surface area contributed by atoms with Gasteiger partial charge in [-0.15, -0.1) is 0 Å². The molecule has 0 amide bonds. The van der Waals surface area contributed by atoms with E-state index in [0.29, 0.717) is 22.5 Å². The Morgan fingerprint density at radius 3 is 3.18 bits per heavy atom. The van der Waals surface area contributed by atoms with Crippen molar-refractivity contribution in [3.05, 3.63) is 23.7 Å². The number of hydrogen-bond donors (Lipinski definition) is 1. The summed E-state index contributed by atoms with van der Waals surface area (Å²) in [6.45, 7) is 0. The number of aromatic amines is 1. The molecule has 1 aliphatic heterocycles. The quantitative estimate of drug-likeness (QED) is 0.880. The highest BCUT2D eigenvalue weighted by Gasteiger charge is 2.23. The Bertz CT molecular complexity index is 562.